The summed E-state index contributed by atoms with van der Waals surface area (Å²) < 4.78 is 28.7. The van der Waals surface area contributed by atoms with Crippen molar-refractivity contribution in [2.75, 3.05) is 6.67 Å². The molecule has 0 saturated carbocycles. The Morgan fingerprint density at radius 2 is 1.75 bits per heavy atom. The summed E-state index contributed by atoms with van der Waals surface area (Å²) in [5.41, 5.74) is 8.02. The third-order valence-corrected chi connectivity index (χ3v) is 5.49. The number of phenols is 1. The molecule has 0 saturated heterocycles. The molecular weight excluding hydrogens is 430 g/mol. The predicted molar refractivity (Wildman–Crippen MR) is 122 cm³/mol. The lowest BCUT2D eigenvalue weighted by Crippen LogP contribution is -2.29. The fourth-order valence-corrected chi connectivity index (χ4v) is 3.53. The molecule has 6 N–H and O–H groups in total. The first kappa shape index (κ1) is 23.0. The van der Waals surface area contributed by atoms with Crippen LogP contribution in [-0.4, -0.2) is 26.1 Å². The Labute approximate surface area is 186 Å². The van der Waals surface area contributed by atoms with Gasteiger partial charge in [0, 0.05) is 5.57 Å². The Bertz CT molecular complexity index is 1270. The van der Waals surface area contributed by atoms with E-state index in [2.05, 4.69) is 5.32 Å². The fourth-order valence-electron chi connectivity index (χ4n) is 3.01. The maximum Gasteiger partial charge on any atom is 0.247 e. The molecular formula is C23H23N3O5S. The van der Waals surface area contributed by atoms with E-state index in [9.17, 15) is 18.3 Å². The van der Waals surface area contributed by atoms with Crippen LogP contribution >= 0.6 is 0 Å². The van der Waals surface area contributed by atoms with Crippen LogP contribution in [-0.2, 0) is 14.8 Å². The van der Waals surface area contributed by atoms with Crippen molar-refractivity contribution >= 4 is 22.0 Å². The van der Waals surface area contributed by atoms with Crippen molar-refractivity contribution in [1.29, 1.82) is 0 Å². The van der Waals surface area contributed by atoms with Crippen molar-refractivity contribution in [3.05, 3.63) is 77.9 Å². The van der Waals surface area contributed by atoms with Crippen molar-refractivity contribution < 1.29 is 23.1 Å². The molecule has 166 valence electrons. The Balaban J connectivity index is 2.00. The lowest BCUT2D eigenvalue weighted by molar-refractivity contribution is -0.117. The molecule has 0 aliphatic heterocycles. The second kappa shape index (κ2) is 9.65. The number of carbonyl (C=O) groups is 1. The highest BCUT2D eigenvalue weighted by atomic mass is 32.2. The van der Waals surface area contributed by atoms with Crippen LogP contribution in [0.15, 0.2) is 77.2 Å². The largest absolute Gasteiger partial charge is 0.508 e. The predicted octanol–water partition coefficient (Wildman–Crippen LogP) is 2.93. The molecule has 32 heavy (non-hydrogen) atoms. The summed E-state index contributed by atoms with van der Waals surface area (Å²) in [6, 6.07) is 17.7. The summed E-state index contributed by atoms with van der Waals surface area (Å²) in [5.74, 6) is 0.707. The van der Waals surface area contributed by atoms with E-state index in [4.69, 9.17) is 15.6 Å². The first-order valence-corrected chi connectivity index (χ1v) is 11.1. The van der Waals surface area contributed by atoms with E-state index in [1.54, 1.807) is 49.4 Å². The Morgan fingerprint density at radius 1 is 1.06 bits per heavy atom. The van der Waals surface area contributed by atoms with E-state index >= 15 is 0 Å². The van der Waals surface area contributed by atoms with Gasteiger partial charge < -0.3 is 20.9 Å². The van der Waals surface area contributed by atoms with Crippen LogP contribution in [0.1, 0.15) is 12.5 Å². The van der Waals surface area contributed by atoms with Crippen LogP contribution < -0.4 is 20.9 Å². The smallest absolute Gasteiger partial charge is 0.247 e. The van der Waals surface area contributed by atoms with Crippen LogP contribution in [0.25, 0.3) is 17.2 Å². The fraction of sp³-hybridized carbons (Fsp3) is 0.0870. The number of amides is 1. The lowest BCUT2D eigenvalue weighted by atomic mass is 9.97. The first-order chi connectivity index (χ1) is 15.2. The molecule has 0 aliphatic rings. The van der Waals surface area contributed by atoms with Crippen LogP contribution in [0.4, 0.5) is 0 Å². The van der Waals surface area contributed by atoms with Crippen molar-refractivity contribution in [2.24, 2.45) is 10.9 Å². The number of primary sulfonamides is 1. The summed E-state index contributed by atoms with van der Waals surface area (Å²) in [6.07, 6.45) is 1.72. The first-order valence-electron chi connectivity index (χ1n) is 9.58. The Morgan fingerprint density at radius 3 is 2.38 bits per heavy atom. The van der Waals surface area contributed by atoms with Crippen LogP contribution in [0.2, 0.25) is 0 Å². The minimum Gasteiger partial charge on any atom is -0.508 e. The van der Waals surface area contributed by atoms with Crippen molar-refractivity contribution in [3.63, 3.8) is 0 Å². The van der Waals surface area contributed by atoms with E-state index in [0.717, 1.165) is 16.7 Å². The van der Waals surface area contributed by atoms with Gasteiger partial charge in [0.15, 0.2) is 0 Å². The zero-order valence-electron chi connectivity index (χ0n) is 17.3. The minimum atomic E-state index is -3.79. The maximum atomic E-state index is 12.1. The van der Waals surface area contributed by atoms with Crippen LogP contribution in [0.3, 0.4) is 0 Å². The highest BCUT2D eigenvalue weighted by Gasteiger charge is 2.11. The van der Waals surface area contributed by atoms with Gasteiger partial charge in [-0.25, -0.2) is 13.6 Å². The number of hydrogen-bond donors (Lipinski definition) is 4. The zero-order chi connectivity index (χ0) is 23.3. The van der Waals surface area contributed by atoms with Crippen molar-refractivity contribution in [2.45, 2.75) is 11.8 Å². The number of carbonyl (C=O) groups excluding carboxylic acids is 1. The second-order valence-electron chi connectivity index (χ2n) is 6.96. The highest BCUT2D eigenvalue weighted by molar-refractivity contribution is 7.89. The molecule has 0 bridgehead atoms. The van der Waals surface area contributed by atoms with Gasteiger partial charge in [0.25, 0.3) is 0 Å². The number of rotatable bonds is 7. The van der Waals surface area contributed by atoms with Gasteiger partial charge in [-0.3, -0.25) is 4.79 Å². The third-order valence-electron chi connectivity index (χ3n) is 4.56. The van der Waals surface area contributed by atoms with Gasteiger partial charge in [-0.2, -0.15) is 0 Å². The minimum absolute atomic E-state index is 0.0167. The second-order valence-corrected chi connectivity index (χ2v) is 8.52. The van der Waals surface area contributed by atoms with Gasteiger partial charge in [-0.05, 0) is 78.2 Å². The summed E-state index contributed by atoms with van der Waals surface area (Å²) in [4.78, 5) is 12.1. The highest BCUT2D eigenvalue weighted by Crippen LogP contribution is 2.33. The molecule has 9 heteroatoms. The monoisotopic (exact) mass is 453 g/mol. The molecule has 0 fully saturated rings. The van der Waals surface area contributed by atoms with E-state index in [1.165, 1.54) is 24.3 Å². The Hall–Kier alpha value is -3.66. The molecule has 0 aliphatic carbocycles. The zero-order valence-corrected chi connectivity index (χ0v) is 18.1. The number of phenolic OH excluding ortho intramolecular Hbond substituents is 1. The van der Waals surface area contributed by atoms with Gasteiger partial charge in [-0.1, -0.05) is 18.2 Å². The summed E-state index contributed by atoms with van der Waals surface area (Å²) >= 11 is 0. The van der Waals surface area contributed by atoms with Gasteiger partial charge >= 0.3 is 0 Å². The molecule has 0 aromatic heterocycles. The molecule has 3 aromatic rings. The van der Waals surface area contributed by atoms with Gasteiger partial charge in [-0.15, -0.1) is 0 Å². The van der Waals surface area contributed by atoms with Gasteiger partial charge in [0.05, 0.1) is 11.6 Å². The Kier molecular flexibility index (Phi) is 6.94. The molecule has 0 heterocycles. The topological polar surface area (TPSA) is 145 Å². The average molecular weight is 454 g/mol. The van der Waals surface area contributed by atoms with Gasteiger partial charge in [0.2, 0.25) is 15.9 Å². The molecule has 1 amide bonds. The van der Waals surface area contributed by atoms with Crippen LogP contribution in [0, 0.1) is 0 Å². The SMILES string of the molecule is CC(=Cc1ccc(Oc2ccc(S(N)(=O)=O)cc2)cc1-c1cccc(O)c1)C(=O)NCN. The number of nitrogens with two attached hydrogens (primary N) is 2. The molecule has 3 aromatic carbocycles. The number of ether oxygens (including phenoxy) is 1. The lowest BCUT2D eigenvalue weighted by Gasteiger charge is -2.13. The molecule has 0 radical (unpaired) electrons. The summed E-state index contributed by atoms with van der Waals surface area (Å²) in [6.45, 7) is 1.70. The van der Waals surface area contributed by atoms with E-state index < -0.39 is 10.0 Å². The van der Waals surface area contributed by atoms with Crippen molar-refractivity contribution in [3.8, 4) is 28.4 Å². The molecule has 0 spiro atoms. The van der Waals surface area contributed by atoms with Gasteiger partial charge in [0.1, 0.15) is 17.2 Å². The summed E-state index contributed by atoms with van der Waals surface area (Å²) in [5, 5.41) is 17.6. The average Bonchev–Trinajstić information content (AvgIpc) is 2.74. The molecule has 8 nitrogen and oxygen atoms in total. The van der Waals surface area contributed by atoms with E-state index in [-0.39, 0.29) is 23.2 Å². The van der Waals surface area contributed by atoms with E-state index in [0.29, 0.717) is 17.1 Å². The number of aromatic hydroxyl groups is 1. The van der Waals surface area contributed by atoms with Crippen molar-refractivity contribution in [1.82, 2.24) is 5.32 Å². The molecule has 0 atom stereocenters. The number of sulfonamides is 1. The maximum absolute atomic E-state index is 12.1. The normalized spacial score (nSPS) is 11.8. The summed E-state index contributed by atoms with van der Waals surface area (Å²) in [7, 11) is -3.79. The van der Waals surface area contributed by atoms with Crippen LogP contribution in [0.5, 0.6) is 17.2 Å². The third kappa shape index (κ3) is 5.73. The standard InChI is InChI=1S/C23H23N3O5S/c1-15(23(28)26-14-24)11-17-5-6-20(13-22(17)16-3-2-4-18(27)12-16)31-19-7-9-21(10-8-19)32(25,29)30/h2-13,27H,14,24H2,1H3,(H,26,28)(H2,25,29,30). The number of hydrogen-bond acceptors (Lipinski definition) is 6. The quantitative estimate of drug-likeness (QED) is 0.320. The number of nitrogens with one attached hydrogen (secondary N) is 1. The molecule has 0 unspecified atom stereocenters. The number of benzene rings is 3. The van der Waals surface area contributed by atoms with E-state index in [1.807, 2.05) is 6.07 Å². The molecule has 3 rings (SSSR count).